The molecule has 1 aromatic rings. The molecule has 2 heterocycles. The lowest BCUT2D eigenvalue weighted by Gasteiger charge is -2.32. The summed E-state index contributed by atoms with van der Waals surface area (Å²) in [6, 6.07) is -0.757. The Bertz CT molecular complexity index is 884. The first-order valence-electron chi connectivity index (χ1n) is 12.8. The Morgan fingerprint density at radius 2 is 1.85 bits per heavy atom. The van der Waals surface area contributed by atoms with Gasteiger partial charge in [-0.1, -0.05) is 38.8 Å². The maximum atomic E-state index is 13.4. The predicted molar refractivity (Wildman–Crippen MR) is 124 cm³/mol. The largest absolute Gasteiger partial charge is 0.378 e. The van der Waals surface area contributed by atoms with Gasteiger partial charge in [-0.05, 0) is 43.4 Å². The fourth-order valence-electron chi connectivity index (χ4n) is 4.90. The van der Waals surface area contributed by atoms with Crippen LogP contribution in [0.25, 0.3) is 0 Å². The second-order valence-electron chi connectivity index (χ2n) is 11.0. The molecule has 4 rings (SSSR count). The SMILES string of the molecule is CC[C@@H](NC(=O)[C@H](CC(=O)N1CCOCC1)CC(C)(C)CC1CC1)C(=O)c1nc(C2CC2)no1. The van der Waals surface area contributed by atoms with Gasteiger partial charge >= 0.3 is 0 Å². The highest BCUT2D eigenvalue weighted by atomic mass is 16.5. The molecule has 0 unspecified atom stereocenters. The van der Waals surface area contributed by atoms with Crippen molar-refractivity contribution in [3.05, 3.63) is 11.7 Å². The zero-order valence-electron chi connectivity index (χ0n) is 20.7. The summed E-state index contributed by atoms with van der Waals surface area (Å²) < 4.78 is 10.6. The molecule has 1 aliphatic heterocycles. The summed E-state index contributed by atoms with van der Waals surface area (Å²) in [5.74, 6) is 0.357. The first-order valence-corrected chi connectivity index (χ1v) is 12.8. The van der Waals surface area contributed by atoms with Gasteiger partial charge in [0.05, 0.1) is 19.3 Å². The molecular formula is C25H38N4O5. The second kappa shape index (κ2) is 10.5. The minimum Gasteiger partial charge on any atom is -0.378 e. The Kier molecular flexibility index (Phi) is 7.70. The van der Waals surface area contributed by atoms with Crippen LogP contribution in [0, 0.1) is 17.3 Å². The number of carbonyl (C=O) groups is 3. The molecule has 0 spiro atoms. The van der Waals surface area contributed by atoms with E-state index in [9.17, 15) is 14.4 Å². The summed E-state index contributed by atoms with van der Waals surface area (Å²) in [4.78, 5) is 45.5. The number of carbonyl (C=O) groups excluding carboxylic acids is 3. The number of morpholine rings is 1. The molecule has 9 nitrogen and oxygen atoms in total. The number of ether oxygens (including phenoxy) is 1. The molecule has 1 saturated heterocycles. The van der Waals surface area contributed by atoms with E-state index in [1.165, 1.54) is 12.8 Å². The van der Waals surface area contributed by atoms with Gasteiger partial charge in [-0.15, -0.1) is 0 Å². The monoisotopic (exact) mass is 474 g/mol. The Balaban J connectivity index is 1.43. The molecule has 2 atom stereocenters. The summed E-state index contributed by atoms with van der Waals surface area (Å²) in [6.45, 7) is 8.33. The summed E-state index contributed by atoms with van der Waals surface area (Å²) >= 11 is 0. The van der Waals surface area contributed by atoms with E-state index < -0.39 is 12.0 Å². The van der Waals surface area contributed by atoms with Gasteiger partial charge in [0.15, 0.2) is 5.82 Å². The highest BCUT2D eigenvalue weighted by molar-refractivity contribution is 5.99. The van der Waals surface area contributed by atoms with Crippen LogP contribution in [0.2, 0.25) is 0 Å². The third kappa shape index (κ3) is 6.64. The van der Waals surface area contributed by atoms with Crippen LogP contribution in [0.1, 0.15) is 94.6 Å². The molecule has 3 fully saturated rings. The average Bonchev–Trinajstić information content (AvgIpc) is 3.76. The van der Waals surface area contributed by atoms with Crippen molar-refractivity contribution < 1.29 is 23.6 Å². The molecule has 2 saturated carbocycles. The predicted octanol–water partition coefficient (Wildman–Crippen LogP) is 3.11. The second-order valence-corrected chi connectivity index (χ2v) is 11.0. The number of Topliss-reactive ketones (excluding diaryl/α,β-unsaturated/α-hetero) is 1. The van der Waals surface area contributed by atoms with E-state index in [-0.39, 0.29) is 41.2 Å². The molecule has 9 heteroatoms. The van der Waals surface area contributed by atoms with Crippen LogP contribution < -0.4 is 5.32 Å². The van der Waals surface area contributed by atoms with E-state index in [4.69, 9.17) is 9.26 Å². The van der Waals surface area contributed by atoms with Crippen molar-refractivity contribution in [1.29, 1.82) is 0 Å². The van der Waals surface area contributed by atoms with Gasteiger partial charge in [0, 0.05) is 31.3 Å². The minimum atomic E-state index is -0.757. The van der Waals surface area contributed by atoms with Crippen LogP contribution in [-0.2, 0) is 14.3 Å². The maximum Gasteiger partial charge on any atom is 0.296 e. The fourth-order valence-corrected chi connectivity index (χ4v) is 4.90. The molecular weight excluding hydrogens is 436 g/mol. The normalized spacial score (nSPS) is 20.6. The molecule has 0 radical (unpaired) electrons. The average molecular weight is 475 g/mol. The molecule has 0 aromatic carbocycles. The molecule has 1 aromatic heterocycles. The third-order valence-electron chi connectivity index (χ3n) is 7.13. The van der Waals surface area contributed by atoms with Crippen LogP contribution in [0.4, 0.5) is 0 Å². The Morgan fingerprint density at radius 1 is 1.15 bits per heavy atom. The molecule has 0 bridgehead atoms. The van der Waals surface area contributed by atoms with E-state index in [1.807, 2.05) is 6.92 Å². The number of ketones is 1. The van der Waals surface area contributed by atoms with E-state index >= 15 is 0 Å². The molecule has 3 aliphatic rings. The van der Waals surface area contributed by atoms with Gasteiger partial charge in [0.25, 0.3) is 5.89 Å². The number of nitrogens with zero attached hydrogens (tertiary/aromatic N) is 3. The van der Waals surface area contributed by atoms with Crippen molar-refractivity contribution in [2.24, 2.45) is 17.3 Å². The fraction of sp³-hybridized carbons (Fsp3) is 0.800. The lowest BCUT2D eigenvalue weighted by molar-refractivity contribution is -0.140. The van der Waals surface area contributed by atoms with Crippen molar-refractivity contribution >= 4 is 17.6 Å². The number of rotatable bonds is 12. The van der Waals surface area contributed by atoms with E-state index in [0.29, 0.717) is 45.0 Å². The Labute approximate surface area is 201 Å². The molecule has 2 amide bonds. The van der Waals surface area contributed by atoms with Crippen molar-refractivity contribution in [1.82, 2.24) is 20.4 Å². The Hall–Kier alpha value is -2.29. The molecule has 2 aliphatic carbocycles. The van der Waals surface area contributed by atoms with Gasteiger partial charge in [-0.3, -0.25) is 14.4 Å². The zero-order valence-corrected chi connectivity index (χ0v) is 20.7. The van der Waals surface area contributed by atoms with Gasteiger partial charge in [0.2, 0.25) is 17.6 Å². The molecule has 34 heavy (non-hydrogen) atoms. The minimum absolute atomic E-state index is 0.0315. The van der Waals surface area contributed by atoms with E-state index in [2.05, 4.69) is 29.3 Å². The molecule has 1 N–H and O–H groups in total. The summed E-state index contributed by atoms with van der Waals surface area (Å²) in [7, 11) is 0. The number of aromatic nitrogens is 2. The van der Waals surface area contributed by atoms with Crippen molar-refractivity contribution in [3.63, 3.8) is 0 Å². The van der Waals surface area contributed by atoms with Crippen LogP contribution in [0.5, 0.6) is 0 Å². The first-order chi connectivity index (χ1) is 16.3. The van der Waals surface area contributed by atoms with E-state index in [1.54, 1.807) is 4.90 Å². The lowest BCUT2D eigenvalue weighted by atomic mass is 9.77. The number of amides is 2. The van der Waals surface area contributed by atoms with Crippen LogP contribution in [0.15, 0.2) is 4.52 Å². The summed E-state index contributed by atoms with van der Waals surface area (Å²) in [6.07, 6.45) is 6.69. The van der Waals surface area contributed by atoms with E-state index in [0.717, 1.165) is 25.2 Å². The number of hydrogen-bond donors (Lipinski definition) is 1. The van der Waals surface area contributed by atoms with Crippen LogP contribution >= 0.6 is 0 Å². The van der Waals surface area contributed by atoms with Crippen LogP contribution in [-0.4, -0.2) is 65.0 Å². The summed E-state index contributed by atoms with van der Waals surface area (Å²) in [5, 5.41) is 6.83. The standard InChI is InChI=1S/C25H38N4O5/c1-4-19(21(31)24-27-22(28-34-24)17-7-8-17)26-23(32)18(15-25(2,3)14-16-5-6-16)13-20(30)29-9-11-33-12-10-29/h16-19H,4-15H2,1-3H3,(H,26,32)/t18-,19-/m1/s1. The lowest BCUT2D eigenvalue weighted by Crippen LogP contribution is -2.47. The topological polar surface area (TPSA) is 115 Å². The van der Waals surface area contributed by atoms with Gasteiger partial charge < -0.3 is 19.5 Å². The highest BCUT2D eigenvalue weighted by Crippen LogP contribution is 2.43. The van der Waals surface area contributed by atoms with Crippen molar-refractivity contribution in [2.45, 2.75) is 84.1 Å². The van der Waals surface area contributed by atoms with Crippen molar-refractivity contribution in [2.75, 3.05) is 26.3 Å². The summed E-state index contributed by atoms with van der Waals surface area (Å²) in [5.41, 5.74) is -0.0637. The van der Waals surface area contributed by atoms with Gasteiger partial charge in [-0.2, -0.15) is 4.98 Å². The third-order valence-corrected chi connectivity index (χ3v) is 7.13. The Morgan fingerprint density at radius 3 is 2.47 bits per heavy atom. The maximum absolute atomic E-state index is 13.4. The first kappa shape index (κ1) is 24.8. The highest BCUT2D eigenvalue weighted by Gasteiger charge is 2.37. The van der Waals surface area contributed by atoms with Crippen LogP contribution in [0.3, 0.4) is 0 Å². The smallest absolute Gasteiger partial charge is 0.296 e. The van der Waals surface area contributed by atoms with Crippen molar-refractivity contribution in [3.8, 4) is 0 Å². The van der Waals surface area contributed by atoms with Gasteiger partial charge in [-0.25, -0.2) is 0 Å². The number of hydrogen-bond acceptors (Lipinski definition) is 7. The zero-order chi connectivity index (χ0) is 24.3. The van der Waals surface area contributed by atoms with Gasteiger partial charge in [0.1, 0.15) is 0 Å². The molecule has 188 valence electrons. The quantitative estimate of drug-likeness (QED) is 0.463. The number of nitrogens with one attached hydrogen (secondary N) is 1.